The fraction of sp³-hybridized carbons (Fsp3) is 1.00. The molecule has 2 heterocycles. The van der Waals surface area contributed by atoms with Gasteiger partial charge in [0.2, 0.25) is 0 Å². The number of hydrogen-bond acceptors (Lipinski definition) is 3. The van der Waals surface area contributed by atoms with Crippen LogP contribution in [0, 0.1) is 17.3 Å². The molecule has 2 bridgehead atoms. The Labute approximate surface area is 110 Å². The molecule has 6 atom stereocenters. The minimum absolute atomic E-state index is 0.148. The van der Waals surface area contributed by atoms with Crippen LogP contribution < -0.4 is 0 Å². The van der Waals surface area contributed by atoms with Gasteiger partial charge in [0, 0.05) is 0 Å². The van der Waals surface area contributed by atoms with Gasteiger partial charge in [-0.3, -0.25) is 0 Å². The lowest BCUT2D eigenvalue weighted by molar-refractivity contribution is -0.274. The van der Waals surface area contributed by atoms with Crippen LogP contribution in [-0.2, 0) is 4.74 Å². The molecule has 0 aromatic carbocycles. The van der Waals surface area contributed by atoms with Crippen LogP contribution in [0.2, 0.25) is 0 Å². The predicted molar refractivity (Wildman–Crippen MR) is 69.1 cm³/mol. The third kappa shape index (κ3) is 1.53. The van der Waals surface area contributed by atoms with E-state index in [1.165, 1.54) is 6.42 Å². The van der Waals surface area contributed by atoms with Crippen molar-refractivity contribution in [3.8, 4) is 0 Å². The molecule has 0 unspecified atom stereocenters. The highest BCUT2D eigenvalue weighted by atomic mass is 16.5. The van der Waals surface area contributed by atoms with E-state index in [9.17, 15) is 10.2 Å². The molecule has 3 nitrogen and oxygen atoms in total. The maximum atomic E-state index is 10.6. The van der Waals surface area contributed by atoms with E-state index in [-0.39, 0.29) is 11.7 Å². The van der Waals surface area contributed by atoms with Crippen molar-refractivity contribution in [1.82, 2.24) is 0 Å². The Kier molecular flexibility index (Phi) is 2.51. The average Bonchev–Trinajstić information content (AvgIpc) is 2.33. The molecule has 1 saturated carbocycles. The minimum Gasteiger partial charge on any atom is -0.390 e. The van der Waals surface area contributed by atoms with E-state index in [1.807, 2.05) is 0 Å². The van der Waals surface area contributed by atoms with Gasteiger partial charge in [-0.25, -0.2) is 0 Å². The molecule has 3 rings (SSSR count). The average molecular weight is 254 g/mol. The van der Waals surface area contributed by atoms with Crippen LogP contribution in [0.3, 0.4) is 0 Å². The summed E-state index contributed by atoms with van der Waals surface area (Å²) in [5, 5.41) is 20.7. The molecular weight excluding hydrogens is 228 g/mol. The van der Waals surface area contributed by atoms with E-state index in [0.717, 1.165) is 12.8 Å². The second-order valence-corrected chi connectivity index (χ2v) is 7.84. The summed E-state index contributed by atoms with van der Waals surface area (Å²) >= 11 is 0. The summed E-state index contributed by atoms with van der Waals surface area (Å²) < 4.78 is 6.24. The van der Waals surface area contributed by atoms with E-state index in [4.69, 9.17) is 4.74 Å². The van der Waals surface area contributed by atoms with E-state index in [2.05, 4.69) is 20.8 Å². The fourth-order valence-electron chi connectivity index (χ4n) is 4.59. The molecule has 3 aliphatic rings. The Hall–Kier alpha value is -0.120. The van der Waals surface area contributed by atoms with E-state index in [1.54, 1.807) is 6.92 Å². The number of hydrogen-bond donors (Lipinski definition) is 2. The Bertz CT molecular complexity index is 363. The Morgan fingerprint density at radius 2 is 1.78 bits per heavy atom. The van der Waals surface area contributed by atoms with E-state index in [0.29, 0.717) is 23.7 Å². The second-order valence-electron chi connectivity index (χ2n) is 7.84. The van der Waals surface area contributed by atoms with Gasteiger partial charge < -0.3 is 14.9 Å². The molecule has 2 saturated heterocycles. The van der Waals surface area contributed by atoms with Gasteiger partial charge >= 0.3 is 0 Å². The third-order valence-corrected chi connectivity index (χ3v) is 6.14. The number of aliphatic hydroxyl groups is 2. The van der Waals surface area contributed by atoms with Crippen LogP contribution >= 0.6 is 0 Å². The van der Waals surface area contributed by atoms with Gasteiger partial charge in [-0.2, -0.15) is 0 Å². The molecule has 0 amide bonds. The molecule has 18 heavy (non-hydrogen) atoms. The highest BCUT2D eigenvalue weighted by Crippen LogP contribution is 2.63. The first-order valence-corrected chi connectivity index (χ1v) is 7.25. The van der Waals surface area contributed by atoms with Crippen LogP contribution in [-0.4, -0.2) is 33.6 Å². The normalized spacial score (nSPS) is 58.3. The van der Waals surface area contributed by atoms with Crippen molar-refractivity contribution in [1.29, 1.82) is 0 Å². The van der Waals surface area contributed by atoms with Crippen molar-refractivity contribution >= 4 is 0 Å². The number of fused-ring (bicyclic) bond motifs is 4. The summed E-state index contributed by atoms with van der Waals surface area (Å²) in [6, 6.07) is 0. The summed E-state index contributed by atoms with van der Waals surface area (Å²) in [6.07, 6.45) is 2.71. The van der Waals surface area contributed by atoms with E-state index < -0.39 is 11.7 Å². The van der Waals surface area contributed by atoms with Gasteiger partial charge in [0.05, 0.1) is 17.8 Å². The quantitative estimate of drug-likeness (QED) is 0.696. The lowest BCUT2D eigenvalue weighted by Crippen LogP contribution is -2.64. The van der Waals surface area contributed by atoms with Crippen molar-refractivity contribution in [3.63, 3.8) is 0 Å². The Balaban J connectivity index is 1.95. The molecule has 0 radical (unpaired) electrons. The van der Waals surface area contributed by atoms with Crippen molar-refractivity contribution in [2.24, 2.45) is 17.3 Å². The molecule has 3 fully saturated rings. The van der Waals surface area contributed by atoms with Gasteiger partial charge in [0.1, 0.15) is 5.60 Å². The van der Waals surface area contributed by atoms with Crippen LogP contribution in [0.4, 0.5) is 0 Å². The zero-order valence-electron chi connectivity index (χ0n) is 11.9. The zero-order valence-corrected chi connectivity index (χ0v) is 11.9. The minimum atomic E-state index is -1.10. The highest BCUT2D eigenvalue weighted by Gasteiger charge is 2.63. The standard InChI is InChI=1S/C15H26O3/c1-13(2)8-10-9(13)7-12-15(4,17)11(16)5-6-14(10,3)18-12/h9-12,16-17H,5-8H2,1-4H3/t9-,10+,11-,12+,14+,15+/m1/s1. The molecule has 0 aromatic rings. The van der Waals surface area contributed by atoms with Gasteiger partial charge in [-0.15, -0.1) is 0 Å². The monoisotopic (exact) mass is 254 g/mol. The largest absolute Gasteiger partial charge is 0.390 e. The summed E-state index contributed by atoms with van der Waals surface area (Å²) in [5.41, 5.74) is -0.891. The fourth-order valence-corrected chi connectivity index (χ4v) is 4.59. The summed E-state index contributed by atoms with van der Waals surface area (Å²) in [6.45, 7) is 8.56. The maximum Gasteiger partial charge on any atom is 0.114 e. The molecule has 0 spiro atoms. The lowest BCUT2D eigenvalue weighted by Gasteiger charge is -2.63. The van der Waals surface area contributed by atoms with Gasteiger partial charge in [-0.1, -0.05) is 13.8 Å². The molecule has 2 N–H and O–H groups in total. The highest BCUT2D eigenvalue weighted by molar-refractivity contribution is 5.12. The number of aliphatic hydroxyl groups excluding tert-OH is 1. The first-order chi connectivity index (χ1) is 8.17. The summed E-state index contributed by atoms with van der Waals surface area (Å²) in [7, 11) is 0. The van der Waals surface area contributed by atoms with Crippen molar-refractivity contribution in [2.75, 3.05) is 0 Å². The Morgan fingerprint density at radius 3 is 2.39 bits per heavy atom. The summed E-state index contributed by atoms with van der Waals surface area (Å²) in [5.74, 6) is 1.22. The SMILES string of the molecule is CC1(C)C[C@H]2[C@H]1C[C@@H]1O[C@@]2(C)CC[C@@H](O)[C@]1(C)O. The molecule has 3 heteroatoms. The number of ether oxygens (including phenoxy) is 1. The van der Waals surface area contributed by atoms with Gasteiger partial charge in [0.15, 0.2) is 0 Å². The maximum absolute atomic E-state index is 10.6. The molecule has 2 aliphatic heterocycles. The molecular formula is C15H26O3. The van der Waals surface area contributed by atoms with Gasteiger partial charge in [-0.05, 0) is 56.8 Å². The predicted octanol–water partition coefficient (Wildman–Crippen LogP) is 2.10. The smallest absolute Gasteiger partial charge is 0.114 e. The van der Waals surface area contributed by atoms with Gasteiger partial charge in [0.25, 0.3) is 0 Å². The first kappa shape index (κ1) is 12.9. The first-order valence-electron chi connectivity index (χ1n) is 7.25. The van der Waals surface area contributed by atoms with Crippen LogP contribution in [0.5, 0.6) is 0 Å². The van der Waals surface area contributed by atoms with Crippen molar-refractivity contribution < 1.29 is 14.9 Å². The van der Waals surface area contributed by atoms with Crippen molar-refractivity contribution in [2.45, 2.75) is 76.8 Å². The topological polar surface area (TPSA) is 49.7 Å². The molecule has 104 valence electrons. The third-order valence-electron chi connectivity index (χ3n) is 6.14. The molecule has 1 aliphatic carbocycles. The van der Waals surface area contributed by atoms with Crippen LogP contribution in [0.15, 0.2) is 0 Å². The van der Waals surface area contributed by atoms with E-state index >= 15 is 0 Å². The van der Waals surface area contributed by atoms with Crippen LogP contribution in [0.1, 0.15) is 53.4 Å². The number of rotatable bonds is 0. The summed E-state index contributed by atoms with van der Waals surface area (Å²) in [4.78, 5) is 0. The second kappa shape index (κ2) is 3.50. The lowest BCUT2D eigenvalue weighted by atomic mass is 9.48. The van der Waals surface area contributed by atoms with Crippen molar-refractivity contribution in [3.05, 3.63) is 0 Å². The zero-order chi connectivity index (χ0) is 13.3. The van der Waals surface area contributed by atoms with Crippen LogP contribution in [0.25, 0.3) is 0 Å². The Morgan fingerprint density at radius 1 is 1.11 bits per heavy atom. The molecule has 0 aromatic heterocycles.